The maximum atomic E-state index is 12.9. The SMILES string of the molecule is CC1(C)CS(=O)(=O)N(Cc2nc(-c3ccc(F)cc3)no2)C1=O. The van der Waals surface area contributed by atoms with Crippen LogP contribution in [0.15, 0.2) is 28.8 Å². The lowest BCUT2D eigenvalue weighted by molar-refractivity contribution is -0.133. The summed E-state index contributed by atoms with van der Waals surface area (Å²) in [6.45, 7) is 2.84. The van der Waals surface area contributed by atoms with Crippen molar-refractivity contribution in [2.75, 3.05) is 5.75 Å². The lowest BCUT2D eigenvalue weighted by Gasteiger charge is -2.14. The Kier molecular flexibility index (Phi) is 3.47. The van der Waals surface area contributed by atoms with Crippen LogP contribution in [0.5, 0.6) is 0 Å². The highest BCUT2D eigenvalue weighted by molar-refractivity contribution is 7.90. The van der Waals surface area contributed by atoms with Crippen LogP contribution in [0.2, 0.25) is 0 Å². The van der Waals surface area contributed by atoms with Gasteiger partial charge in [-0.2, -0.15) is 4.98 Å². The molecule has 0 spiro atoms. The molecule has 0 atom stereocenters. The summed E-state index contributed by atoms with van der Waals surface area (Å²) in [7, 11) is -3.70. The third-order valence-electron chi connectivity index (χ3n) is 3.53. The van der Waals surface area contributed by atoms with Crippen molar-refractivity contribution in [1.29, 1.82) is 0 Å². The standard InChI is InChI=1S/C14H14FN3O4S/c1-14(2)8-23(20,21)18(13(14)19)7-11-16-12(17-22-11)9-3-5-10(15)6-4-9/h3-6H,7-8H2,1-2H3. The van der Waals surface area contributed by atoms with Gasteiger partial charge in [-0.3, -0.25) is 4.79 Å². The number of nitrogens with zero attached hydrogens (tertiary/aromatic N) is 3. The summed E-state index contributed by atoms with van der Waals surface area (Å²) in [5.41, 5.74) is -0.448. The predicted molar refractivity (Wildman–Crippen MR) is 77.8 cm³/mol. The second-order valence-electron chi connectivity index (χ2n) is 5.97. The van der Waals surface area contributed by atoms with Gasteiger partial charge in [-0.15, -0.1) is 0 Å². The minimum atomic E-state index is -3.70. The largest absolute Gasteiger partial charge is 0.337 e. The number of sulfonamides is 1. The molecule has 3 rings (SSSR count). The van der Waals surface area contributed by atoms with Crippen LogP contribution >= 0.6 is 0 Å². The Balaban J connectivity index is 1.85. The maximum Gasteiger partial charge on any atom is 0.247 e. The fraction of sp³-hybridized carbons (Fsp3) is 0.357. The van der Waals surface area contributed by atoms with E-state index in [1.54, 1.807) is 13.8 Å². The zero-order valence-electron chi connectivity index (χ0n) is 12.5. The van der Waals surface area contributed by atoms with Gasteiger partial charge in [-0.05, 0) is 38.1 Å². The van der Waals surface area contributed by atoms with Gasteiger partial charge in [0.05, 0.1) is 11.2 Å². The molecule has 0 saturated carbocycles. The molecule has 1 fully saturated rings. The van der Waals surface area contributed by atoms with E-state index in [2.05, 4.69) is 10.1 Å². The van der Waals surface area contributed by atoms with Crippen LogP contribution in [-0.4, -0.2) is 34.5 Å². The van der Waals surface area contributed by atoms with Gasteiger partial charge in [0.1, 0.15) is 12.4 Å². The molecule has 122 valence electrons. The number of carbonyl (C=O) groups excluding carboxylic acids is 1. The predicted octanol–water partition coefficient (Wildman–Crippen LogP) is 1.57. The number of aromatic nitrogens is 2. The first-order chi connectivity index (χ1) is 10.7. The van der Waals surface area contributed by atoms with E-state index in [0.29, 0.717) is 5.56 Å². The number of halogens is 1. The third-order valence-corrected chi connectivity index (χ3v) is 5.59. The van der Waals surface area contributed by atoms with Crippen LogP contribution in [0.3, 0.4) is 0 Å². The molecule has 0 N–H and O–H groups in total. The molecule has 9 heteroatoms. The molecule has 1 aliphatic rings. The van der Waals surface area contributed by atoms with Crippen molar-refractivity contribution in [3.8, 4) is 11.4 Å². The number of hydrogen-bond acceptors (Lipinski definition) is 6. The highest BCUT2D eigenvalue weighted by Gasteiger charge is 2.49. The highest BCUT2D eigenvalue weighted by Crippen LogP contribution is 2.32. The van der Waals surface area contributed by atoms with E-state index in [4.69, 9.17) is 4.52 Å². The van der Waals surface area contributed by atoms with Crippen molar-refractivity contribution in [2.24, 2.45) is 5.41 Å². The van der Waals surface area contributed by atoms with E-state index in [1.807, 2.05) is 0 Å². The first-order valence-corrected chi connectivity index (χ1v) is 8.43. The van der Waals surface area contributed by atoms with Crippen molar-refractivity contribution in [2.45, 2.75) is 20.4 Å². The Bertz CT molecular complexity index is 858. The molecule has 0 aliphatic carbocycles. The maximum absolute atomic E-state index is 12.9. The summed E-state index contributed by atoms with van der Waals surface area (Å²) in [5, 5.41) is 3.73. The summed E-state index contributed by atoms with van der Waals surface area (Å²) in [6, 6.07) is 5.46. The summed E-state index contributed by atoms with van der Waals surface area (Å²) < 4.78 is 42.8. The molecule has 1 amide bonds. The first-order valence-electron chi connectivity index (χ1n) is 6.82. The fourth-order valence-electron chi connectivity index (χ4n) is 2.39. The normalized spacial score (nSPS) is 19.3. The molecule has 2 heterocycles. The Morgan fingerprint density at radius 2 is 1.96 bits per heavy atom. The first kappa shape index (κ1) is 15.6. The van der Waals surface area contributed by atoms with Gasteiger partial charge in [-0.1, -0.05) is 5.16 Å². The zero-order valence-corrected chi connectivity index (χ0v) is 13.3. The fourth-order valence-corrected chi connectivity index (χ4v) is 4.39. The number of rotatable bonds is 3. The van der Waals surface area contributed by atoms with E-state index in [1.165, 1.54) is 24.3 Å². The van der Waals surface area contributed by atoms with E-state index in [-0.39, 0.29) is 24.0 Å². The Morgan fingerprint density at radius 3 is 2.52 bits per heavy atom. The van der Waals surface area contributed by atoms with Crippen molar-refractivity contribution in [3.05, 3.63) is 36.0 Å². The summed E-state index contributed by atoms with van der Waals surface area (Å²) >= 11 is 0. The van der Waals surface area contributed by atoms with Crippen molar-refractivity contribution in [3.63, 3.8) is 0 Å². The van der Waals surface area contributed by atoms with Crippen molar-refractivity contribution < 1.29 is 22.1 Å². The quantitative estimate of drug-likeness (QED) is 0.843. The molecule has 1 saturated heterocycles. The molecular formula is C14H14FN3O4S. The van der Waals surface area contributed by atoms with Gasteiger partial charge in [0.25, 0.3) is 0 Å². The molecule has 0 radical (unpaired) electrons. The summed E-state index contributed by atoms with van der Waals surface area (Å²) in [6.07, 6.45) is 0. The van der Waals surface area contributed by atoms with E-state index in [9.17, 15) is 17.6 Å². The molecule has 1 aromatic heterocycles. The number of carbonyl (C=O) groups is 1. The Morgan fingerprint density at radius 1 is 1.30 bits per heavy atom. The lowest BCUT2D eigenvalue weighted by atomic mass is 9.95. The topological polar surface area (TPSA) is 93.4 Å². The second-order valence-corrected chi connectivity index (χ2v) is 7.86. The molecule has 7 nitrogen and oxygen atoms in total. The lowest BCUT2D eigenvalue weighted by Crippen LogP contribution is -2.32. The zero-order chi connectivity index (χ0) is 16.8. The van der Waals surface area contributed by atoms with Gasteiger partial charge in [0.2, 0.25) is 27.6 Å². The molecule has 0 unspecified atom stereocenters. The van der Waals surface area contributed by atoms with Crippen molar-refractivity contribution >= 4 is 15.9 Å². The number of hydrogen-bond donors (Lipinski definition) is 0. The number of benzene rings is 1. The third kappa shape index (κ3) is 2.83. The van der Waals surface area contributed by atoms with Gasteiger partial charge in [0, 0.05) is 5.56 Å². The van der Waals surface area contributed by atoms with Crippen LogP contribution in [0.4, 0.5) is 4.39 Å². The smallest absolute Gasteiger partial charge is 0.247 e. The molecule has 1 aromatic carbocycles. The summed E-state index contributed by atoms with van der Waals surface area (Å²) in [4.78, 5) is 16.2. The number of amides is 1. The Hall–Kier alpha value is -2.29. The van der Waals surface area contributed by atoms with E-state index >= 15 is 0 Å². The average Bonchev–Trinajstić information content (AvgIpc) is 2.97. The average molecular weight is 339 g/mol. The van der Waals surface area contributed by atoms with Gasteiger partial charge in [0.15, 0.2) is 0 Å². The minimum absolute atomic E-state index is 0.000972. The van der Waals surface area contributed by atoms with Crippen LogP contribution in [0.1, 0.15) is 19.7 Å². The second kappa shape index (κ2) is 5.12. The molecular weight excluding hydrogens is 325 g/mol. The Labute approximate surface area is 132 Å². The summed E-state index contributed by atoms with van der Waals surface area (Å²) in [5.74, 6) is -0.952. The van der Waals surface area contributed by atoms with Crippen LogP contribution in [0.25, 0.3) is 11.4 Å². The molecule has 23 heavy (non-hydrogen) atoms. The van der Waals surface area contributed by atoms with Crippen LogP contribution in [-0.2, 0) is 21.4 Å². The molecule has 1 aliphatic heterocycles. The van der Waals surface area contributed by atoms with Gasteiger partial charge < -0.3 is 4.52 Å². The highest BCUT2D eigenvalue weighted by atomic mass is 32.2. The minimum Gasteiger partial charge on any atom is -0.337 e. The van der Waals surface area contributed by atoms with Crippen molar-refractivity contribution in [1.82, 2.24) is 14.4 Å². The monoisotopic (exact) mass is 339 g/mol. The van der Waals surface area contributed by atoms with E-state index < -0.39 is 27.2 Å². The van der Waals surface area contributed by atoms with Gasteiger partial charge in [-0.25, -0.2) is 17.1 Å². The molecule has 0 bridgehead atoms. The van der Waals surface area contributed by atoms with Crippen LogP contribution < -0.4 is 0 Å². The van der Waals surface area contributed by atoms with Gasteiger partial charge >= 0.3 is 0 Å². The van der Waals surface area contributed by atoms with E-state index in [0.717, 1.165) is 4.31 Å². The van der Waals surface area contributed by atoms with Crippen LogP contribution in [0, 0.1) is 11.2 Å². The molecule has 2 aromatic rings.